The number of ether oxygens (including phenoxy) is 1. The molecule has 0 aliphatic carbocycles. The number of nitrogens with zero attached hydrogens (tertiary/aromatic N) is 3. The maximum Gasteiger partial charge on any atom is 0.230 e. The summed E-state index contributed by atoms with van der Waals surface area (Å²) in [6, 6.07) is 7.51. The first-order valence-corrected chi connectivity index (χ1v) is 8.68. The van der Waals surface area contributed by atoms with Crippen LogP contribution in [-0.2, 0) is 4.79 Å². The van der Waals surface area contributed by atoms with E-state index in [-0.39, 0.29) is 17.7 Å². The first-order valence-electron chi connectivity index (χ1n) is 7.69. The van der Waals surface area contributed by atoms with Crippen molar-refractivity contribution in [2.24, 2.45) is 5.92 Å². The van der Waals surface area contributed by atoms with E-state index < -0.39 is 0 Å². The molecule has 1 aromatic heterocycles. The number of aromatic nitrogens is 3. The van der Waals surface area contributed by atoms with Gasteiger partial charge < -0.3 is 15.9 Å². The van der Waals surface area contributed by atoms with Gasteiger partial charge in [0.25, 0.3) is 0 Å². The van der Waals surface area contributed by atoms with Gasteiger partial charge in [0.2, 0.25) is 11.1 Å². The third kappa shape index (κ3) is 4.41. The van der Waals surface area contributed by atoms with Gasteiger partial charge in [0.1, 0.15) is 5.75 Å². The number of nitrogens with two attached hydrogens (primary N) is 1. The highest BCUT2D eigenvalue weighted by Crippen LogP contribution is 2.23. The van der Waals surface area contributed by atoms with Crippen molar-refractivity contribution in [1.82, 2.24) is 20.2 Å². The highest BCUT2D eigenvalue weighted by molar-refractivity contribution is 7.99. The van der Waals surface area contributed by atoms with E-state index in [1.54, 1.807) is 7.11 Å². The molecule has 24 heavy (non-hydrogen) atoms. The average molecular weight is 349 g/mol. The summed E-state index contributed by atoms with van der Waals surface area (Å²) in [6.07, 6.45) is 0. The largest absolute Gasteiger partial charge is 0.497 e. The van der Waals surface area contributed by atoms with Gasteiger partial charge in [-0.1, -0.05) is 25.6 Å². The summed E-state index contributed by atoms with van der Waals surface area (Å²) in [5, 5.41) is 11.6. The lowest BCUT2D eigenvalue weighted by atomic mass is 10.1. The number of hydrogen-bond acceptors (Lipinski definition) is 6. The number of benzene rings is 1. The standard InChI is InChI=1S/C16H23N5O2S/c1-10(2)11(3)18-14(22)9-24-16-20-19-15(21(16)17)12-5-7-13(23-4)8-6-12/h5-8,10-11H,9,17H2,1-4H3,(H,18,22). The molecule has 0 aliphatic heterocycles. The van der Waals surface area contributed by atoms with Gasteiger partial charge in [-0.3, -0.25) is 4.79 Å². The third-order valence-corrected chi connectivity index (χ3v) is 4.68. The van der Waals surface area contributed by atoms with Crippen LogP contribution in [0.15, 0.2) is 29.4 Å². The molecule has 0 spiro atoms. The summed E-state index contributed by atoms with van der Waals surface area (Å²) in [7, 11) is 1.61. The molecule has 1 aromatic carbocycles. The number of carbonyl (C=O) groups excluding carboxylic acids is 1. The van der Waals surface area contributed by atoms with E-state index in [0.29, 0.717) is 16.9 Å². The molecule has 3 N–H and O–H groups in total. The van der Waals surface area contributed by atoms with Crippen molar-refractivity contribution in [3.05, 3.63) is 24.3 Å². The molecule has 0 saturated heterocycles. The fourth-order valence-corrected chi connectivity index (χ4v) is 2.57. The average Bonchev–Trinajstić information content (AvgIpc) is 2.93. The van der Waals surface area contributed by atoms with Gasteiger partial charge in [-0.25, -0.2) is 4.68 Å². The SMILES string of the molecule is COc1ccc(-c2nnc(SCC(=O)NC(C)C(C)C)n2N)cc1. The maximum atomic E-state index is 11.9. The third-order valence-electron chi connectivity index (χ3n) is 3.73. The van der Waals surface area contributed by atoms with Crippen molar-refractivity contribution in [3.63, 3.8) is 0 Å². The van der Waals surface area contributed by atoms with Crippen LogP contribution in [0.3, 0.4) is 0 Å². The number of rotatable bonds is 7. The number of thioether (sulfide) groups is 1. The molecule has 0 radical (unpaired) electrons. The second-order valence-electron chi connectivity index (χ2n) is 5.79. The normalized spacial score (nSPS) is 12.2. The lowest BCUT2D eigenvalue weighted by Gasteiger charge is -2.16. The summed E-state index contributed by atoms with van der Waals surface area (Å²) in [4.78, 5) is 11.9. The summed E-state index contributed by atoms with van der Waals surface area (Å²) >= 11 is 1.26. The van der Waals surface area contributed by atoms with Crippen LogP contribution >= 0.6 is 11.8 Å². The predicted octanol–water partition coefficient (Wildman–Crippen LogP) is 1.92. The van der Waals surface area contributed by atoms with Crippen molar-refractivity contribution in [3.8, 4) is 17.1 Å². The zero-order chi connectivity index (χ0) is 17.7. The molecule has 130 valence electrons. The highest BCUT2D eigenvalue weighted by Gasteiger charge is 2.15. The smallest absolute Gasteiger partial charge is 0.230 e. The van der Waals surface area contributed by atoms with E-state index >= 15 is 0 Å². The minimum Gasteiger partial charge on any atom is -0.497 e. The molecule has 0 saturated carbocycles. The molecule has 1 unspecified atom stereocenters. The Kier molecular flexibility index (Phi) is 6.08. The zero-order valence-electron chi connectivity index (χ0n) is 14.3. The van der Waals surface area contributed by atoms with Crippen LogP contribution in [0.5, 0.6) is 5.75 Å². The fraction of sp³-hybridized carbons (Fsp3) is 0.438. The topological polar surface area (TPSA) is 95.1 Å². The Hall–Kier alpha value is -2.22. The van der Waals surface area contributed by atoms with Gasteiger partial charge in [-0.15, -0.1) is 10.2 Å². The van der Waals surface area contributed by atoms with E-state index in [0.717, 1.165) is 11.3 Å². The van der Waals surface area contributed by atoms with Gasteiger partial charge in [0.15, 0.2) is 5.82 Å². The Bertz CT molecular complexity index is 684. The van der Waals surface area contributed by atoms with E-state index in [1.165, 1.54) is 16.4 Å². The van der Waals surface area contributed by atoms with Crippen LogP contribution in [0.2, 0.25) is 0 Å². The van der Waals surface area contributed by atoms with E-state index in [4.69, 9.17) is 10.6 Å². The van der Waals surface area contributed by atoms with Gasteiger partial charge in [0, 0.05) is 11.6 Å². The zero-order valence-corrected chi connectivity index (χ0v) is 15.1. The molecule has 8 heteroatoms. The molecule has 0 bridgehead atoms. The highest BCUT2D eigenvalue weighted by atomic mass is 32.2. The summed E-state index contributed by atoms with van der Waals surface area (Å²) in [5.41, 5.74) is 0.829. The second-order valence-corrected chi connectivity index (χ2v) is 6.74. The Labute approximate surface area is 145 Å². The van der Waals surface area contributed by atoms with Crippen LogP contribution in [0.1, 0.15) is 20.8 Å². The molecule has 1 amide bonds. The van der Waals surface area contributed by atoms with Gasteiger partial charge in [-0.2, -0.15) is 0 Å². The minimum absolute atomic E-state index is 0.0461. The Balaban J connectivity index is 2.00. The van der Waals surface area contributed by atoms with Crippen molar-refractivity contribution < 1.29 is 9.53 Å². The van der Waals surface area contributed by atoms with Crippen LogP contribution < -0.4 is 15.9 Å². The minimum atomic E-state index is -0.0461. The van der Waals surface area contributed by atoms with Crippen molar-refractivity contribution in [1.29, 1.82) is 0 Å². The lowest BCUT2D eigenvalue weighted by molar-refractivity contribution is -0.119. The number of nitrogens with one attached hydrogen (secondary N) is 1. The van der Waals surface area contributed by atoms with Crippen LogP contribution in [0.25, 0.3) is 11.4 Å². The quantitative estimate of drug-likeness (QED) is 0.586. The lowest BCUT2D eigenvalue weighted by Crippen LogP contribution is -2.37. The van der Waals surface area contributed by atoms with Crippen molar-refractivity contribution >= 4 is 17.7 Å². The van der Waals surface area contributed by atoms with Gasteiger partial charge in [-0.05, 0) is 37.1 Å². The van der Waals surface area contributed by atoms with E-state index in [1.807, 2.05) is 31.2 Å². The van der Waals surface area contributed by atoms with Crippen molar-refractivity contribution in [2.75, 3.05) is 18.7 Å². The molecule has 1 heterocycles. The molecule has 2 aromatic rings. The molecule has 7 nitrogen and oxygen atoms in total. The van der Waals surface area contributed by atoms with Gasteiger partial charge >= 0.3 is 0 Å². The maximum absolute atomic E-state index is 11.9. The first-order chi connectivity index (χ1) is 11.4. The molecule has 2 rings (SSSR count). The number of carbonyl (C=O) groups is 1. The molecule has 0 aliphatic rings. The van der Waals surface area contributed by atoms with E-state index in [2.05, 4.69) is 29.4 Å². The van der Waals surface area contributed by atoms with E-state index in [9.17, 15) is 4.79 Å². The Morgan fingerprint density at radius 1 is 1.29 bits per heavy atom. The number of nitrogen functional groups attached to an aromatic ring is 1. The molecule has 1 atom stereocenters. The van der Waals surface area contributed by atoms with Crippen LogP contribution in [-0.4, -0.2) is 39.7 Å². The summed E-state index contributed by atoms with van der Waals surface area (Å²) < 4.78 is 6.53. The monoisotopic (exact) mass is 349 g/mol. The second kappa shape index (κ2) is 8.05. The first kappa shape index (κ1) is 18.1. The van der Waals surface area contributed by atoms with Crippen LogP contribution in [0.4, 0.5) is 0 Å². The van der Waals surface area contributed by atoms with Gasteiger partial charge in [0.05, 0.1) is 12.9 Å². The van der Waals surface area contributed by atoms with Crippen molar-refractivity contribution in [2.45, 2.75) is 32.0 Å². The number of methoxy groups -OCH3 is 1. The number of hydrogen-bond donors (Lipinski definition) is 2. The Morgan fingerprint density at radius 3 is 2.54 bits per heavy atom. The summed E-state index contributed by atoms with van der Waals surface area (Å²) in [6.45, 7) is 6.12. The van der Waals surface area contributed by atoms with Crippen LogP contribution in [0, 0.1) is 5.92 Å². The summed E-state index contributed by atoms with van der Waals surface area (Å²) in [5.74, 6) is 7.93. The predicted molar refractivity (Wildman–Crippen MR) is 95.3 cm³/mol. The molecular formula is C16H23N5O2S. The number of amides is 1. The fourth-order valence-electron chi connectivity index (χ4n) is 1.90. The molecular weight excluding hydrogens is 326 g/mol. The molecule has 0 fully saturated rings. The Morgan fingerprint density at radius 2 is 1.96 bits per heavy atom.